The van der Waals surface area contributed by atoms with E-state index >= 15 is 0 Å². The zero-order valence-electron chi connectivity index (χ0n) is 10.1. The van der Waals surface area contributed by atoms with E-state index in [2.05, 4.69) is 5.32 Å². The van der Waals surface area contributed by atoms with Crippen molar-refractivity contribution in [2.24, 2.45) is 0 Å². The van der Waals surface area contributed by atoms with Crippen LogP contribution < -0.4 is 10.1 Å². The molecule has 0 saturated carbocycles. The van der Waals surface area contributed by atoms with Gasteiger partial charge in [0.1, 0.15) is 5.75 Å². The maximum atomic E-state index is 9.16. The lowest BCUT2D eigenvalue weighted by Crippen LogP contribution is -2.35. The van der Waals surface area contributed by atoms with Crippen molar-refractivity contribution in [1.82, 2.24) is 10.4 Å². The predicted octanol–water partition coefficient (Wildman–Crippen LogP) is 1.49. The molecule has 0 aliphatic rings. The lowest BCUT2D eigenvalue weighted by Gasteiger charge is -2.18. The van der Waals surface area contributed by atoms with E-state index in [1.165, 1.54) is 10.6 Å². The Morgan fingerprint density at radius 2 is 2.00 bits per heavy atom. The van der Waals surface area contributed by atoms with Crippen molar-refractivity contribution in [3.05, 3.63) is 29.8 Å². The average Bonchev–Trinajstić information content (AvgIpc) is 2.29. The number of hydrogen-bond acceptors (Lipinski definition) is 4. The minimum atomic E-state index is 0.109. The number of rotatable bonds is 6. The van der Waals surface area contributed by atoms with Gasteiger partial charge in [-0.15, -0.1) is 0 Å². The highest BCUT2D eigenvalue weighted by Crippen LogP contribution is 2.10. The summed E-state index contributed by atoms with van der Waals surface area (Å²) in [6, 6.07) is 8.05. The zero-order valence-corrected chi connectivity index (χ0v) is 10.1. The summed E-state index contributed by atoms with van der Waals surface area (Å²) in [7, 11) is 3.31. The molecule has 2 N–H and O–H groups in total. The highest BCUT2D eigenvalue weighted by molar-refractivity contribution is 5.26. The van der Waals surface area contributed by atoms with E-state index in [4.69, 9.17) is 9.94 Å². The lowest BCUT2D eigenvalue weighted by molar-refractivity contribution is -0.0957. The first kappa shape index (κ1) is 13.0. The van der Waals surface area contributed by atoms with Crippen LogP contribution in [-0.2, 0) is 6.54 Å². The van der Waals surface area contributed by atoms with Crippen molar-refractivity contribution in [1.29, 1.82) is 0 Å². The molecule has 0 aromatic heterocycles. The van der Waals surface area contributed by atoms with E-state index < -0.39 is 0 Å². The van der Waals surface area contributed by atoms with Gasteiger partial charge in [0.25, 0.3) is 0 Å². The maximum absolute atomic E-state index is 9.16. The first-order chi connectivity index (χ1) is 7.63. The Morgan fingerprint density at radius 3 is 2.50 bits per heavy atom. The molecule has 1 atom stereocenters. The molecule has 0 aliphatic carbocycles. The van der Waals surface area contributed by atoms with Crippen LogP contribution in [0.2, 0.25) is 0 Å². The van der Waals surface area contributed by atoms with Gasteiger partial charge in [0.05, 0.1) is 7.11 Å². The summed E-state index contributed by atoms with van der Waals surface area (Å²) in [6.07, 6.45) is 0. The van der Waals surface area contributed by atoms with Gasteiger partial charge >= 0.3 is 0 Å². The molecule has 1 unspecified atom stereocenters. The molecule has 0 amide bonds. The van der Waals surface area contributed by atoms with Crippen LogP contribution in [0.4, 0.5) is 0 Å². The van der Waals surface area contributed by atoms with E-state index in [0.717, 1.165) is 18.8 Å². The number of ether oxygens (including phenoxy) is 1. The fraction of sp³-hybridized carbons (Fsp3) is 0.500. The third kappa shape index (κ3) is 4.18. The zero-order chi connectivity index (χ0) is 12.0. The molecule has 0 aliphatic heterocycles. The Hall–Kier alpha value is -1.10. The van der Waals surface area contributed by atoms with Gasteiger partial charge in [-0.25, -0.2) is 0 Å². The minimum Gasteiger partial charge on any atom is -0.497 e. The molecule has 4 nitrogen and oxygen atoms in total. The highest BCUT2D eigenvalue weighted by atomic mass is 16.5. The molecular weight excluding hydrogens is 204 g/mol. The fourth-order valence-electron chi connectivity index (χ4n) is 1.30. The number of benzene rings is 1. The summed E-state index contributed by atoms with van der Waals surface area (Å²) < 4.78 is 5.08. The Labute approximate surface area is 96.8 Å². The van der Waals surface area contributed by atoms with Gasteiger partial charge in [0.2, 0.25) is 0 Å². The van der Waals surface area contributed by atoms with E-state index in [1.54, 1.807) is 14.2 Å². The first-order valence-electron chi connectivity index (χ1n) is 5.39. The predicted molar refractivity (Wildman–Crippen MR) is 63.7 cm³/mol. The van der Waals surface area contributed by atoms with Gasteiger partial charge in [-0.05, 0) is 24.6 Å². The van der Waals surface area contributed by atoms with Crippen molar-refractivity contribution in [2.45, 2.75) is 19.5 Å². The second kappa shape index (κ2) is 6.48. The van der Waals surface area contributed by atoms with Crippen LogP contribution in [0.25, 0.3) is 0 Å². The smallest absolute Gasteiger partial charge is 0.118 e. The second-order valence-electron chi connectivity index (χ2n) is 3.90. The van der Waals surface area contributed by atoms with Gasteiger partial charge in [-0.1, -0.05) is 12.1 Å². The van der Waals surface area contributed by atoms with Gasteiger partial charge in [-0.2, -0.15) is 5.06 Å². The molecule has 4 heteroatoms. The van der Waals surface area contributed by atoms with Crippen molar-refractivity contribution < 1.29 is 9.94 Å². The topological polar surface area (TPSA) is 44.7 Å². The van der Waals surface area contributed by atoms with E-state index in [1.807, 2.05) is 31.2 Å². The number of nitrogens with zero attached hydrogens (tertiary/aromatic N) is 1. The fourth-order valence-corrected chi connectivity index (χ4v) is 1.30. The molecule has 1 rings (SSSR count). The standard InChI is InChI=1S/C12H20N2O2/c1-10(14(2)15)8-13-9-11-4-6-12(16-3)7-5-11/h4-7,10,13,15H,8-9H2,1-3H3. The van der Waals surface area contributed by atoms with Crippen molar-refractivity contribution in [3.63, 3.8) is 0 Å². The summed E-state index contributed by atoms with van der Waals surface area (Å²) in [4.78, 5) is 0. The van der Waals surface area contributed by atoms with Crippen molar-refractivity contribution in [3.8, 4) is 5.75 Å². The Morgan fingerprint density at radius 1 is 1.38 bits per heavy atom. The van der Waals surface area contributed by atoms with Crippen LogP contribution in [0.5, 0.6) is 5.75 Å². The molecule has 1 aromatic rings. The van der Waals surface area contributed by atoms with Crippen LogP contribution in [-0.4, -0.2) is 37.0 Å². The summed E-state index contributed by atoms with van der Waals surface area (Å²) >= 11 is 0. The number of nitrogens with one attached hydrogen (secondary N) is 1. The SMILES string of the molecule is COc1ccc(CNCC(C)N(C)O)cc1. The molecule has 90 valence electrons. The molecular formula is C12H20N2O2. The van der Waals surface area contributed by atoms with Crippen LogP contribution in [0.15, 0.2) is 24.3 Å². The second-order valence-corrected chi connectivity index (χ2v) is 3.90. The normalized spacial score (nSPS) is 12.8. The van der Waals surface area contributed by atoms with Crippen LogP contribution in [0, 0.1) is 0 Å². The number of hydroxylamine groups is 2. The molecule has 0 spiro atoms. The van der Waals surface area contributed by atoms with Gasteiger partial charge in [0, 0.05) is 26.2 Å². The van der Waals surface area contributed by atoms with E-state index in [-0.39, 0.29) is 6.04 Å². The largest absolute Gasteiger partial charge is 0.497 e. The van der Waals surface area contributed by atoms with Crippen LogP contribution in [0.1, 0.15) is 12.5 Å². The quantitative estimate of drug-likeness (QED) is 0.719. The molecule has 0 fully saturated rings. The highest BCUT2D eigenvalue weighted by Gasteiger charge is 2.04. The minimum absolute atomic E-state index is 0.109. The molecule has 16 heavy (non-hydrogen) atoms. The van der Waals surface area contributed by atoms with Crippen molar-refractivity contribution >= 4 is 0 Å². The third-order valence-corrected chi connectivity index (χ3v) is 2.57. The summed E-state index contributed by atoms with van der Waals surface area (Å²) in [6.45, 7) is 3.50. The third-order valence-electron chi connectivity index (χ3n) is 2.57. The molecule has 0 heterocycles. The van der Waals surface area contributed by atoms with Crippen molar-refractivity contribution in [2.75, 3.05) is 20.7 Å². The molecule has 1 aromatic carbocycles. The lowest BCUT2D eigenvalue weighted by atomic mass is 10.2. The molecule has 0 bridgehead atoms. The average molecular weight is 224 g/mol. The monoisotopic (exact) mass is 224 g/mol. The molecule has 0 saturated heterocycles. The van der Waals surface area contributed by atoms with Gasteiger partial charge < -0.3 is 15.3 Å². The Balaban J connectivity index is 2.31. The maximum Gasteiger partial charge on any atom is 0.118 e. The number of likely N-dealkylation sites (N-methyl/N-ethyl adjacent to an activating group) is 1. The van der Waals surface area contributed by atoms with Crippen LogP contribution >= 0.6 is 0 Å². The first-order valence-corrected chi connectivity index (χ1v) is 5.39. The van der Waals surface area contributed by atoms with Gasteiger partial charge in [0.15, 0.2) is 0 Å². The Bertz CT molecular complexity index is 298. The summed E-state index contributed by atoms with van der Waals surface area (Å²) in [5.74, 6) is 0.868. The number of hydrogen-bond donors (Lipinski definition) is 2. The van der Waals surface area contributed by atoms with E-state index in [9.17, 15) is 0 Å². The van der Waals surface area contributed by atoms with E-state index in [0.29, 0.717) is 0 Å². The summed E-state index contributed by atoms with van der Waals surface area (Å²) in [5, 5.41) is 13.7. The summed E-state index contributed by atoms with van der Waals surface area (Å²) in [5.41, 5.74) is 1.20. The number of methoxy groups -OCH3 is 1. The Kier molecular flexibility index (Phi) is 5.25. The van der Waals surface area contributed by atoms with Gasteiger partial charge in [-0.3, -0.25) is 0 Å². The van der Waals surface area contributed by atoms with Crippen LogP contribution in [0.3, 0.4) is 0 Å². The molecule has 0 radical (unpaired) electrons.